The maximum Gasteiger partial charge on any atom is 0.246 e. The third-order valence-corrected chi connectivity index (χ3v) is 5.26. The fourth-order valence-electron chi connectivity index (χ4n) is 3.34. The van der Waals surface area contributed by atoms with Crippen LogP contribution in [0, 0.1) is 5.92 Å². The molecule has 3 aromatic rings. The van der Waals surface area contributed by atoms with Crippen molar-refractivity contribution in [2.24, 2.45) is 5.92 Å². The van der Waals surface area contributed by atoms with E-state index in [2.05, 4.69) is 27.8 Å². The number of rotatable bonds is 8. The van der Waals surface area contributed by atoms with Gasteiger partial charge in [0.05, 0.1) is 17.6 Å². The van der Waals surface area contributed by atoms with E-state index in [-0.39, 0.29) is 24.3 Å². The molecular weight excluding hydrogens is 388 g/mol. The predicted octanol–water partition coefficient (Wildman–Crippen LogP) is 3.79. The summed E-state index contributed by atoms with van der Waals surface area (Å²) in [5, 5.41) is 6.12. The molecule has 0 saturated heterocycles. The maximum atomic E-state index is 12.3. The number of carbonyl (C=O) groups is 2. The molecule has 1 aliphatic carbocycles. The number of benzene rings is 2. The Labute approximate surface area is 174 Å². The first-order valence-electron chi connectivity index (χ1n) is 9.87. The largest absolute Gasteiger partial charge is 0.347 e. The number of imidazole rings is 1. The van der Waals surface area contributed by atoms with E-state index in [0.717, 1.165) is 36.7 Å². The summed E-state index contributed by atoms with van der Waals surface area (Å²) in [6.07, 6.45) is 3.65. The number of fused-ring (bicyclic) bond motifs is 1. The summed E-state index contributed by atoms with van der Waals surface area (Å²) in [6.45, 7) is 0.653. The van der Waals surface area contributed by atoms with Gasteiger partial charge in [0.2, 0.25) is 17.8 Å². The van der Waals surface area contributed by atoms with E-state index in [1.54, 1.807) is 6.07 Å². The lowest BCUT2D eigenvalue weighted by Crippen LogP contribution is -2.34. The number of nitrogens with one attached hydrogen (secondary N) is 2. The molecule has 1 saturated carbocycles. The molecule has 1 aromatic heterocycles. The number of hydrogen-bond acceptors (Lipinski definition) is 3. The third kappa shape index (κ3) is 4.95. The number of nitrogens with zero attached hydrogens (tertiary/aromatic N) is 2. The highest BCUT2D eigenvalue weighted by atomic mass is 35.5. The van der Waals surface area contributed by atoms with Crippen LogP contribution in [0.15, 0.2) is 48.5 Å². The molecule has 150 valence electrons. The van der Waals surface area contributed by atoms with Crippen molar-refractivity contribution in [1.82, 2.24) is 14.9 Å². The minimum absolute atomic E-state index is 0.0523. The zero-order chi connectivity index (χ0) is 20.2. The molecule has 1 heterocycles. The lowest BCUT2D eigenvalue weighted by molar-refractivity contribution is -0.125. The number of carbonyl (C=O) groups excluding carboxylic acids is 2. The molecule has 0 atom stereocenters. The van der Waals surface area contributed by atoms with Gasteiger partial charge in [0, 0.05) is 17.5 Å². The van der Waals surface area contributed by atoms with Crippen molar-refractivity contribution < 1.29 is 9.59 Å². The fraction of sp³-hybridized carbons (Fsp3) is 0.318. The van der Waals surface area contributed by atoms with E-state index in [9.17, 15) is 9.59 Å². The number of hydrogen-bond donors (Lipinski definition) is 2. The summed E-state index contributed by atoms with van der Waals surface area (Å²) >= 11 is 6.11. The van der Waals surface area contributed by atoms with E-state index >= 15 is 0 Å². The maximum absolute atomic E-state index is 12.3. The standard InChI is InChI=1S/C22H23ClN4O2/c23-17-10-11-19-18(13-17)25-22(26-20(28)14-24-21(29)16-8-9-16)27(19)12-4-7-15-5-2-1-3-6-15/h1-3,5-6,10-11,13,16H,4,7-9,12,14H2,(H,24,29)(H,25,26,28). The molecule has 0 spiro atoms. The summed E-state index contributed by atoms with van der Waals surface area (Å²) in [5.41, 5.74) is 2.92. The summed E-state index contributed by atoms with van der Waals surface area (Å²) in [6, 6.07) is 15.8. The average molecular weight is 411 g/mol. The van der Waals surface area contributed by atoms with Gasteiger partial charge in [-0.3, -0.25) is 14.9 Å². The Balaban J connectivity index is 1.46. The van der Waals surface area contributed by atoms with Gasteiger partial charge in [-0.15, -0.1) is 0 Å². The lowest BCUT2D eigenvalue weighted by Gasteiger charge is -2.11. The van der Waals surface area contributed by atoms with Gasteiger partial charge in [-0.2, -0.15) is 0 Å². The molecule has 0 aliphatic heterocycles. The monoisotopic (exact) mass is 410 g/mol. The number of amides is 2. The molecule has 1 aliphatic rings. The topological polar surface area (TPSA) is 76.0 Å². The van der Waals surface area contributed by atoms with Gasteiger partial charge in [0.15, 0.2) is 0 Å². The van der Waals surface area contributed by atoms with Crippen LogP contribution in [0.3, 0.4) is 0 Å². The minimum Gasteiger partial charge on any atom is -0.347 e. The van der Waals surface area contributed by atoms with Crippen LogP contribution in [-0.4, -0.2) is 27.9 Å². The lowest BCUT2D eigenvalue weighted by atomic mass is 10.1. The summed E-state index contributed by atoms with van der Waals surface area (Å²) in [4.78, 5) is 28.7. The zero-order valence-corrected chi connectivity index (χ0v) is 16.8. The van der Waals surface area contributed by atoms with Crippen molar-refractivity contribution in [2.45, 2.75) is 32.2 Å². The van der Waals surface area contributed by atoms with Crippen molar-refractivity contribution in [3.63, 3.8) is 0 Å². The van der Waals surface area contributed by atoms with Crippen molar-refractivity contribution >= 4 is 40.4 Å². The second-order valence-corrected chi connectivity index (χ2v) is 7.79. The molecule has 29 heavy (non-hydrogen) atoms. The molecule has 6 nitrogen and oxygen atoms in total. The van der Waals surface area contributed by atoms with Crippen LogP contribution in [0.1, 0.15) is 24.8 Å². The smallest absolute Gasteiger partial charge is 0.246 e. The SMILES string of the molecule is O=C(CNC(=O)C1CC1)Nc1nc2cc(Cl)ccc2n1CCCc1ccccc1. The Morgan fingerprint density at radius 3 is 2.69 bits per heavy atom. The third-order valence-electron chi connectivity index (χ3n) is 5.02. The van der Waals surface area contributed by atoms with Gasteiger partial charge in [-0.1, -0.05) is 41.9 Å². The number of aromatic nitrogens is 2. The molecule has 2 N–H and O–H groups in total. The Bertz CT molecular complexity index is 1030. The fourth-order valence-corrected chi connectivity index (χ4v) is 3.50. The Kier molecular flexibility index (Phi) is 5.81. The van der Waals surface area contributed by atoms with E-state index in [1.165, 1.54) is 5.56 Å². The van der Waals surface area contributed by atoms with Gasteiger partial charge < -0.3 is 9.88 Å². The minimum atomic E-state index is -0.287. The molecule has 0 unspecified atom stereocenters. The van der Waals surface area contributed by atoms with Crippen LogP contribution in [-0.2, 0) is 22.6 Å². The highest BCUT2D eigenvalue weighted by Gasteiger charge is 2.29. The Morgan fingerprint density at radius 1 is 1.14 bits per heavy atom. The highest BCUT2D eigenvalue weighted by Crippen LogP contribution is 2.28. The zero-order valence-electron chi connectivity index (χ0n) is 16.0. The summed E-state index contributed by atoms with van der Waals surface area (Å²) in [7, 11) is 0. The summed E-state index contributed by atoms with van der Waals surface area (Å²) < 4.78 is 2.00. The van der Waals surface area contributed by atoms with E-state index in [4.69, 9.17) is 11.6 Å². The van der Waals surface area contributed by atoms with Crippen LogP contribution in [0.5, 0.6) is 0 Å². The van der Waals surface area contributed by atoms with Crippen LogP contribution < -0.4 is 10.6 Å². The predicted molar refractivity (Wildman–Crippen MR) is 114 cm³/mol. The van der Waals surface area contributed by atoms with E-state index < -0.39 is 0 Å². The van der Waals surface area contributed by atoms with E-state index in [1.807, 2.05) is 34.9 Å². The first-order chi connectivity index (χ1) is 14.1. The van der Waals surface area contributed by atoms with Crippen LogP contribution >= 0.6 is 11.6 Å². The Hall–Kier alpha value is -2.86. The quantitative estimate of drug-likeness (QED) is 0.593. The van der Waals surface area contributed by atoms with Gasteiger partial charge in [0.1, 0.15) is 0 Å². The van der Waals surface area contributed by atoms with Crippen LogP contribution in [0.2, 0.25) is 5.02 Å². The number of aryl methyl sites for hydroxylation is 2. The van der Waals surface area contributed by atoms with Crippen molar-refractivity contribution in [3.8, 4) is 0 Å². The molecule has 4 rings (SSSR count). The molecule has 2 aromatic carbocycles. The van der Waals surface area contributed by atoms with Gasteiger partial charge >= 0.3 is 0 Å². The first-order valence-corrected chi connectivity index (χ1v) is 10.3. The molecule has 7 heteroatoms. The second-order valence-electron chi connectivity index (χ2n) is 7.35. The van der Waals surface area contributed by atoms with Crippen LogP contribution in [0.4, 0.5) is 5.95 Å². The van der Waals surface area contributed by atoms with Gasteiger partial charge in [0.25, 0.3) is 0 Å². The van der Waals surface area contributed by atoms with Gasteiger partial charge in [-0.05, 0) is 49.4 Å². The molecule has 0 bridgehead atoms. The molecule has 1 fully saturated rings. The molecule has 2 amide bonds. The van der Waals surface area contributed by atoms with Crippen molar-refractivity contribution in [1.29, 1.82) is 0 Å². The average Bonchev–Trinajstić information content (AvgIpc) is 3.51. The molecule has 0 radical (unpaired) electrons. The van der Waals surface area contributed by atoms with Crippen molar-refractivity contribution in [2.75, 3.05) is 11.9 Å². The Morgan fingerprint density at radius 2 is 1.93 bits per heavy atom. The van der Waals surface area contributed by atoms with Crippen LogP contribution in [0.25, 0.3) is 11.0 Å². The number of anilines is 1. The summed E-state index contributed by atoms with van der Waals surface area (Å²) in [5.74, 6) is 0.210. The normalized spacial score (nSPS) is 13.4. The first kappa shape index (κ1) is 19.5. The van der Waals surface area contributed by atoms with Crippen molar-refractivity contribution in [3.05, 3.63) is 59.1 Å². The number of halogens is 1. The highest BCUT2D eigenvalue weighted by molar-refractivity contribution is 6.31. The van der Waals surface area contributed by atoms with Gasteiger partial charge in [-0.25, -0.2) is 4.98 Å². The second kappa shape index (κ2) is 8.66. The molecular formula is C22H23ClN4O2. The van der Waals surface area contributed by atoms with E-state index in [0.29, 0.717) is 17.5 Å².